The van der Waals surface area contributed by atoms with E-state index in [2.05, 4.69) is 17.2 Å². The largest absolute Gasteiger partial charge is 0.390 e. The van der Waals surface area contributed by atoms with Crippen molar-refractivity contribution in [2.75, 3.05) is 18.5 Å². The summed E-state index contributed by atoms with van der Waals surface area (Å²) in [4.78, 5) is 9.19. The topological polar surface area (TPSA) is 117 Å². The second-order valence-corrected chi connectivity index (χ2v) is 8.31. The van der Waals surface area contributed by atoms with Crippen molar-refractivity contribution in [3.63, 3.8) is 0 Å². The number of aliphatic hydroxyl groups is 1. The van der Waals surface area contributed by atoms with Crippen LogP contribution in [0, 0.1) is 10.8 Å². The number of anilines is 2. The molecule has 1 atom stereocenters. The van der Waals surface area contributed by atoms with Crippen LogP contribution in [0.4, 0.5) is 11.5 Å². The van der Waals surface area contributed by atoms with Gasteiger partial charge in [-0.2, -0.15) is 0 Å². The minimum Gasteiger partial charge on any atom is -0.390 e. The van der Waals surface area contributed by atoms with Crippen LogP contribution in [-0.4, -0.2) is 34.5 Å². The van der Waals surface area contributed by atoms with Gasteiger partial charge in [-0.05, 0) is 36.8 Å². The lowest BCUT2D eigenvalue weighted by atomic mass is 9.81. The Hall–Kier alpha value is -3.13. The van der Waals surface area contributed by atoms with Crippen molar-refractivity contribution in [1.82, 2.24) is 9.97 Å². The average molecular weight is 418 g/mol. The lowest BCUT2D eigenvalue weighted by Crippen LogP contribution is -2.42. The molecule has 7 nitrogen and oxygen atoms in total. The van der Waals surface area contributed by atoms with E-state index in [4.69, 9.17) is 20.9 Å². The van der Waals surface area contributed by atoms with Crippen molar-refractivity contribution in [2.24, 2.45) is 11.1 Å². The molecule has 1 aliphatic rings. The molecule has 0 saturated carbocycles. The lowest BCUT2D eigenvalue weighted by molar-refractivity contribution is -0.108. The molecule has 4 rings (SSSR count). The highest BCUT2D eigenvalue weighted by Crippen LogP contribution is 2.35. The predicted octanol–water partition coefficient (Wildman–Crippen LogP) is 3.80. The summed E-state index contributed by atoms with van der Waals surface area (Å²) in [6.45, 7) is 3.54. The first-order chi connectivity index (χ1) is 15.0. The van der Waals surface area contributed by atoms with Gasteiger partial charge in [0.2, 0.25) is 0 Å². The zero-order valence-electron chi connectivity index (χ0n) is 17.5. The van der Waals surface area contributed by atoms with Gasteiger partial charge in [0.15, 0.2) is 0 Å². The SMILES string of the molecule is CC1(CC(N)c2cccc(-c3ccc(C=N)c(Nc4cccc(CO)n4)c3)n2)COC1. The second kappa shape index (κ2) is 8.93. The summed E-state index contributed by atoms with van der Waals surface area (Å²) in [5.41, 5.74) is 11.2. The summed E-state index contributed by atoms with van der Waals surface area (Å²) < 4.78 is 5.35. The predicted molar refractivity (Wildman–Crippen MR) is 121 cm³/mol. The maximum atomic E-state index is 9.33. The van der Waals surface area contributed by atoms with E-state index < -0.39 is 0 Å². The van der Waals surface area contributed by atoms with Gasteiger partial charge in [-0.25, -0.2) is 4.98 Å². The molecule has 0 aliphatic carbocycles. The first-order valence-electron chi connectivity index (χ1n) is 10.3. The van der Waals surface area contributed by atoms with Gasteiger partial charge in [0.05, 0.1) is 36.9 Å². The van der Waals surface area contributed by atoms with Crippen molar-refractivity contribution >= 4 is 17.7 Å². The summed E-state index contributed by atoms with van der Waals surface area (Å²) >= 11 is 0. The van der Waals surface area contributed by atoms with Gasteiger partial charge >= 0.3 is 0 Å². The normalized spacial score (nSPS) is 15.7. The molecule has 7 heteroatoms. The molecular weight excluding hydrogens is 390 g/mol. The zero-order chi connectivity index (χ0) is 21.8. The Bertz CT molecular complexity index is 1080. The fourth-order valence-electron chi connectivity index (χ4n) is 3.75. The van der Waals surface area contributed by atoms with Gasteiger partial charge in [-0.1, -0.05) is 31.2 Å². The van der Waals surface area contributed by atoms with Crippen LogP contribution in [0.2, 0.25) is 0 Å². The van der Waals surface area contributed by atoms with Crippen molar-refractivity contribution < 1.29 is 9.84 Å². The molecule has 3 aromatic rings. The van der Waals surface area contributed by atoms with Crippen molar-refractivity contribution in [3.8, 4) is 11.3 Å². The Morgan fingerprint density at radius 2 is 2.00 bits per heavy atom. The first kappa shape index (κ1) is 21.1. The number of pyridine rings is 2. The van der Waals surface area contributed by atoms with Crippen molar-refractivity contribution in [2.45, 2.75) is 26.0 Å². The van der Waals surface area contributed by atoms with Crippen LogP contribution in [0.3, 0.4) is 0 Å². The van der Waals surface area contributed by atoms with Crippen molar-refractivity contribution in [3.05, 3.63) is 71.5 Å². The van der Waals surface area contributed by atoms with Crippen LogP contribution in [0.25, 0.3) is 11.3 Å². The fourth-order valence-corrected chi connectivity index (χ4v) is 3.75. The molecule has 5 N–H and O–H groups in total. The highest BCUT2D eigenvalue weighted by molar-refractivity contribution is 5.89. The summed E-state index contributed by atoms with van der Waals surface area (Å²) in [6.07, 6.45) is 2.12. The summed E-state index contributed by atoms with van der Waals surface area (Å²) in [5.74, 6) is 0.603. The van der Waals surface area contributed by atoms with E-state index in [-0.39, 0.29) is 18.1 Å². The lowest BCUT2D eigenvalue weighted by Gasteiger charge is -2.39. The summed E-state index contributed by atoms with van der Waals surface area (Å²) in [5, 5.41) is 20.3. The number of hydrogen-bond acceptors (Lipinski definition) is 7. The molecule has 0 amide bonds. The Morgan fingerprint density at radius 1 is 1.19 bits per heavy atom. The van der Waals surface area contributed by atoms with E-state index in [1.807, 2.05) is 48.5 Å². The maximum absolute atomic E-state index is 9.33. The third kappa shape index (κ3) is 4.80. The minimum atomic E-state index is -0.155. The fraction of sp³-hybridized carbons (Fsp3) is 0.292. The quantitative estimate of drug-likeness (QED) is 0.414. The van der Waals surface area contributed by atoms with Crippen LogP contribution in [0.1, 0.15) is 36.3 Å². The van der Waals surface area contributed by atoms with Gasteiger partial charge in [-0.15, -0.1) is 0 Å². The van der Waals surface area contributed by atoms with Gasteiger partial charge < -0.3 is 26.3 Å². The Labute approximate surface area is 181 Å². The maximum Gasteiger partial charge on any atom is 0.130 e. The van der Waals surface area contributed by atoms with Crippen LogP contribution < -0.4 is 11.1 Å². The Balaban J connectivity index is 1.61. The molecule has 1 aromatic carbocycles. The van der Waals surface area contributed by atoms with Crippen molar-refractivity contribution in [1.29, 1.82) is 5.41 Å². The first-order valence-corrected chi connectivity index (χ1v) is 10.3. The van der Waals surface area contributed by atoms with Gasteiger partial charge in [-0.3, -0.25) is 4.98 Å². The van der Waals surface area contributed by atoms with E-state index in [9.17, 15) is 5.11 Å². The minimum absolute atomic E-state index is 0.121. The van der Waals surface area contributed by atoms with E-state index >= 15 is 0 Å². The van der Waals surface area contributed by atoms with Gasteiger partial charge in [0, 0.05) is 34.5 Å². The third-order valence-electron chi connectivity index (χ3n) is 5.50. The zero-order valence-corrected chi connectivity index (χ0v) is 17.5. The molecule has 1 unspecified atom stereocenters. The van der Waals surface area contributed by atoms with Crippen LogP contribution >= 0.6 is 0 Å². The number of nitrogens with one attached hydrogen (secondary N) is 2. The summed E-state index contributed by atoms with van der Waals surface area (Å²) in [6, 6.07) is 16.9. The molecule has 160 valence electrons. The molecule has 1 fully saturated rings. The number of nitrogens with two attached hydrogens (primary N) is 1. The standard InChI is InChI=1S/C24H27N5O2/c1-24(14-31-15-24)11-19(26)21-6-3-5-20(28-21)16-8-9-17(12-25)22(10-16)29-23-7-2-4-18(13-30)27-23/h2-10,12,19,25,30H,11,13-15,26H2,1H3,(H,27,29). The van der Waals surface area contributed by atoms with Crippen LogP contribution in [-0.2, 0) is 11.3 Å². The molecule has 0 radical (unpaired) electrons. The van der Waals surface area contributed by atoms with E-state index in [1.165, 1.54) is 6.21 Å². The molecule has 1 aliphatic heterocycles. The average Bonchev–Trinajstić information content (AvgIpc) is 2.78. The van der Waals surface area contributed by atoms with Crippen LogP contribution in [0.5, 0.6) is 0 Å². The number of aromatic nitrogens is 2. The number of ether oxygens (including phenoxy) is 1. The molecule has 1 saturated heterocycles. The molecule has 2 aromatic heterocycles. The van der Waals surface area contributed by atoms with Gasteiger partial charge in [0.1, 0.15) is 5.82 Å². The molecule has 0 bridgehead atoms. The number of aliphatic hydroxyl groups excluding tert-OH is 1. The van der Waals surface area contributed by atoms with Gasteiger partial charge in [0.25, 0.3) is 0 Å². The molecule has 3 heterocycles. The number of rotatable bonds is 8. The Kier molecular flexibility index (Phi) is 6.08. The Morgan fingerprint density at radius 3 is 2.71 bits per heavy atom. The second-order valence-electron chi connectivity index (χ2n) is 8.31. The monoisotopic (exact) mass is 417 g/mol. The summed E-state index contributed by atoms with van der Waals surface area (Å²) in [7, 11) is 0. The van der Waals surface area contributed by atoms with E-state index in [0.717, 1.165) is 47.8 Å². The smallest absolute Gasteiger partial charge is 0.130 e. The number of hydrogen-bond donors (Lipinski definition) is 4. The van der Waals surface area contributed by atoms with E-state index in [1.54, 1.807) is 6.07 Å². The number of nitrogens with zero attached hydrogens (tertiary/aromatic N) is 2. The van der Waals surface area contributed by atoms with E-state index in [0.29, 0.717) is 11.5 Å². The third-order valence-corrected chi connectivity index (χ3v) is 5.50. The number of benzene rings is 1. The highest BCUT2D eigenvalue weighted by Gasteiger charge is 2.35. The molecule has 0 spiro atoms. The molecule has 31 heavy (non-hydrogen) atoms. The van der Waals surface area contributed by atoms with Crippen LogP contribution in [0.15, 0.2) is 54.6 Å². The molecular formula is C24H27N5O2. The highest BCUT2D eigenvalue weighted by atomic mass is 16.5.